The van der Waals surface area contributed by atoms with Crippen molar-refractivity contribution in [1.29, 1.82) is 0 Å². The molecule has 1 aliphatic rings. The third-order valence-corrected chi connectivity index (χ3v) is 4.26. The summed E-state index contributed by atoms with van der Waals surface area (Å²) in [6.45, 7) is 0.473. The maximum Gasteiger partial charge on any atom is 0.221 e. The minimum atomic E-state index is -0.323. The Morgan fingerprint density at radius 1 is 1.15 bits per heavy atom. The summed E-state index contributed by atoms with van der Waals surface area (Å²) in [6.07, 6.45) is 1.75. The fourth-order valence-electron chi connectivity index (χ4n) is 2.96. The van der Waals surface area contributed by atoms with Crippen LogP contribution in [-0.2, 0) is 17.8 Å². The Kier molecular flexibility index (Phi) is 4.33. The molecule has 0 amide bonds. The molecule has 0 bridgehead atoms. The standard InChI is InChI=1S/C20H16FN5O/c21-14-4-1-12(2-5-14)9-17(27)19-16-10-15(6-3-13(16)11-24-19)25-18-7-8-23-20(22)26-18/h1-8,10H,9,11H2,(H3,22,23,25,26). The van der Waals surface area contributed by atoms with Gasteiger partial charge in [0.05, 0.1) is 6.54 Å². The Hall–Kier alpha value is -3.61. The zero-order valence-corrected chi connectivity index (χ0v) is 14.3. The molecule has 4 rings (SSSR count). The topological polar surface area (TPSA) is 93.3 Å². The third kappa shape index (κ3) is 3.67. The lowest BCUT2D eigenvalue weighted by atomic mass is 9.98. The molecule has 0 saturated heterocycles. The van der Waals surface area contributed by atoms with Gasteiger partial charge >= 0.3 is 0 Å². The third-order valence-electron chi connectivity index (χ3n) is 4.26. The first-order chi connectivity index (χ1) is 13.1. The maximum absolute atomic E-state index is 13.0. The second-order valence-electron chi connectivity index (χ2n) is 6.19. The van der Waals surface area contributed by atoms with Gasteiger partial charge in [-0.1, -0.05) is 18.2 Å². The Labute approximate surface area is 155 Å². The number of hydrogen-bond acceptors (Lipinski definition) is 6. The van der Waals surface area contributed by atoms with Gasteiger partial charge < -0.3 is 11.1 Å². The summed E-state index contributed by atoms with van der Waals surface area (Å²) in [6, 6.07) is 13.3. The molecule has 134 valence electrons. The van der Waals surface area contributed by atoms with Gasteiger partial charge in [-0.05, 0) is 41.5 Å². The summed E-state index contributed by atoms with van der Waals surface area (Å²) in [5.41, 5.74) is 9.36. The van der Waals surface area contributed by atoms with Gasteiger partial charge in [0.25, 0.3) is 0 Å². The van der Waals surface area contributed by atoms with Crippen LogP contribution in [0.3, 0.4) is 0 Å². The average molecular weight is 361 g/mol. The summed E-state index contributed by atoms with van der Waals surface area (Å²) in [4.78, 5) is 25.1. The van der Waals surface area contributed by atoms with E-state index in [-0.39, 0.29) is 24.0 Å². The molecule has 1 aromatic heterocycles. The van der Waals surface area contributed by atoms with E-state index in [0.29, 0.717) is 18.1 Å². The zero-order valence-electron chi connectivity index (χ0n) is 14.3. The van der Waals surface area contributed by atoms with Crippen molar-refractivity contribution in [1.82, 2.24) is 9.97 Å². The number of nitrogen functional groups attached to an aromatic ring is 1. The SMILES string of the molecule is Nc1nccc(Nc2ccc3c(c2)C(C(=O)Cc2ccc(F)cc2)=NC3)n1. The predicted octanol–water partition coefficient (Wildman–Crippen LogP) is 3.06. The lowest BCUT2D eigenvalue weighted by Gasteiger charge is -2.09. The van der Waals surface area contributed by atoms with Gasteiger partial charge in [0.15, 0.2) is 5.78 Å². The smallest absolute Gasteiger partial charge is 0.221 e. The molecular formula is C20H16FN5O. The van der Waals surface area contributed by atoms with E-state index in [0.717, 1.165) is 22.4 Å². The normalized spacial score (nSPS) is 12.4. The lowest BCUT2D eigenvalue weighted by molar-refractivity contribution is -0.112. The number of nitrogens with zero attached hydrogens (tertiary/aromatic N) is 3. The van der Waals surface area contributed by atoms with Crippen molar-refractivity contribution in [2.45, 2.75) is 13.0 Å². The van der Waals surface area contributed by atoms with E-state index in [2.05, 4.69) is 20.3 Å². The van der Waals surface area contributed by atoms with Gasteiger partial charge in [0.2, 0.25) is 5.95 Å². The fourth-order valence-corrected chi connectivity index (χ4v) is 2.96. The molecule has 1 aliphatic heterocycles. The first kappa shape index (κ1) is 16.8. The summed E-state index contributed by atoms with van der Waals surface area (Å²) >= 11 is 0. The van der Waals surface area contributed by atoms with E-state index < -0.39 is 0 Å². The van der Waals surface area contributed by atoms with Crippen molar-refractivity contribution >= 4 is 28.9 Å². The number of halogens is 1. The zero-order chi connectivity index (χ0) is 18.8. The molecule has 6 nitrogen and oxygen atoms in total. The van der Waals surface area contributed by atoms with Gasteiger partial charge in [0, 0.05) is 23.9 Å². The van der Waals surface area contributed by atoms with Gasteiger partial charge in [0.1, 0.15) is 17.3 Å². The van der Waals surface area contributed by atoms with E-state index >= 15 is 0 Å². The highest BCUT2D eigenvalue weighted by atomic mass is 19.1. The second kappa shape index (κ2) is 6.95. The highest BCUT2D eigenvalue weighted by Gasteiger charge is 2.22. The first-order valence-corrected chi connectivity index (χ1v) is 8.39. The molecule has 0 spiro atoms. The Morgan fingerprint density at radius 3 is 2.74 bits per heavy atom. The number of anilines is 3. The molecule has 7 heteroatoms. The van der Waals surface area contributed by atoms with Crippen LogP contribution in [0.15, 0.2) is 59.7 Å². The fraction of sp³-hybridized carbons (Fsp3) is 0.100. The number of fused-ring (bicyclic) bond motifs is 1. The molecule has 27 heavy (non-hydrogen) atoms. The number of carbonyl (C=O) groups is 1. The molecule has 0 radical (unpaired) electrons. The predicted molar refractivity (Wildman–Crippen MR) is 102 cm³/mol. The van der Waals surface area contributed by atoms with E-state index in [1.165, 1.54) is 12.1 Å². The summed E-state index contributed by atoms with van der Waals surface area (Å²) in [5, 5.41) is 3.15. The largest absolute Gasteiger partial charge is 0.368 e. The molecule has 2 aromatic carbocycles. The number of aliphatic imine (C=N–C) groups is 1. The first-order valence-electron chi connectivity index (χ1n) is 8.39. The Balaban J connectivity index is 1.55. The van der Waals surface area contributed by atoms with E-state index in [9.17, 15) is 9.18 Å². The Bertz CT molecular complexity index is 1050. The molecule has 0 atom stereocenters. The van der Waals surface area contributed by atoms with Crippen molar-refractivity contribution in [3.63, 3.8) is 0 Å². The minimum absolute atomic E-state index is 0.0937. The van der Waals surface area contributed by atoms with Crippen molar-refractivity contribution in [2.75, 3.05) is 11.1 Å². The number of rotatable bonds is 5. The number of Topliss-reactive ketones (excluding diaryl/α,β-unsaturated/α-hetero) is 1. The van der Waals surface area contributed by atoms with Crippen molar-refractivity contribution in [3.05, 3.63) is 77.2 Å². The molecule has 2 heterocycles. The van der Waals surface area contributed by atoms with Gasteiger partial charge in [-0.2, -0.15) is 4.98 Å². The van der Waals surface area contributed by atoms with Gasteiger partial charge in [-0.15, -0.1) is 0 Å². The van der Waals surface area contributed by atoms with E-state index in [1.54, 1.807) is 24.4 Å². The monoisotopic (exact) mass is 361 g/mol. The molecule has 3 aromatic rings. The van der Waals surface area contributed by atoms with Crippen LogP contribution in [0.1, 0.15) is 16.7 Å². The van der Waals surface area contributed by atoms with Gasteiger partial charge in [-0.25, -0.2) is 9.37 Å². The van der Waals surface area contributed by atoms with Crippen LogP contribution in [0.5, 0.6) is 0 Å². The Morgan fingerprint density at radius 2 is 1.96 bits per heavy atom. The number of nitrogens with two attached hydrogens (primary N) is 1. The number of hydrogen-bond donors (Lipinski definition) is 2. The number of benzene rings is 2. The van der Waals surface area contributed by atoms with Crippen LogP contribution >= 0.6 is 0 Å². The van der Waals surface area contributed by atoms with Crippen LogP contribution < -0.4 is 11.1 Å². The lowest BCUT2D eigenvalue weighted by Crippen LogP contribution is -2.16. The minimum Gasteiger partial charge on any atom is -0.368 e. The van der Waals surface area contributed by atoms with E-state index in [1.807, 2.05) is 18.2 Å². The van der Waals surface area contributed by atoms with Crippen LogP contribution in [-0.4, -0.2) is 21.5 Å². The van der Waals surface area contributed by atoms with Crippen molar-refractivity contribution < 1.29 is 9.18 Å². The highest BCUT2D eigenvalue weighted by Crippen LogP contribution is 2.25. The number of nitrogens with one attached hydrogen (secondary N) is 1. The van der Waals surface area contributed by atoms with Crippen LogP contribution in [0.2, 0.25) is 0 Å². The highest BCUT2D eigenvalue weighted by molar-refractivity contribution is 6.47. The molecule has 0 fully saturated rings. The molecule has 0 aliphatic carbocycles. The van der Waals surface area contributed by atoms with E-state index in [4.69, 9.17) is 5.73 Å². The summed E-state index contributed by atoms with van der Waals surface area (Å²) in [5.74, 6) is 0.328. The van der Waals surface area contributed by atoms with Crippen LogP contribution in [0, 0.1) is 5.82 Å². The quantitative estimate of drug-likeness (QED) is 0.728. The van der Waals surface area contributed by atoms with Gasteiger partial charge in [-0.3, -0.25) is 9.79 Å². The molecule has 0 saturated carbocycles. The molecular weight excluding hydrogens is 345 g/mol. The average Bonchev–Trinajstić information content (AvgIpc) is 3.07. The van der Waals surface area contributed by atoms with Crippen LogP contribution in [0.25, 0.3) is 0 Å². The number of carbonyl (C=O) groups excluding carboxylic acids is 1. The maximum atomic E-state index is 13.0. The molecule has 0 unspecified atom stereocenters. The second-order valence-corrected chi connectivity index (χ2v) is 6.19. The molecule has 3 N–H and O–H groups in total. The number of ketones is 1. The van der Waals surface area contributed by atoms with Crippen molar-refractivity contribution in [3.8, 4) is 0 Å². The summed E-state index contributed by atoms with van der Waals surface area (Å²) in [7, 11) is 0. The summed E-state index contributed by atoms with van der Waals surface area (Å²) < 4.78 is 13.0. The van der Waals surface area contributed by atoms with Crippen LogP contribution in [0.4, 0.5) is 21.8 Å². The number of aromatic nitrogens is 2. The van der Waals surface area contributed by atoms with Crippen molar-refractivity contribution in [2.24, 2.45) is 4.99 Å².